The largest absolute Gasteiger partial charge is 0.393 e. The van der Waals surface area contributed by atoms with Crippen LogP contribution in [0, 0.1) is 0 Å². The number of aliphatic hydroxyl groups is 1. The fourth-order valence-corrected chi connectivity index (χ4v) is 2.22. The van der Waals surface area contributed by atoms with Gasteiger partial charge in [-0.3, -0.25) is 0 Å². The Hall–Kier alpha value is -0.480. The summed E-state index contributed by atoms with van der Waals surface area (Å²) < 4.78 is 2.08. The maximum absolute atomic E-state index is 9.80. The van der Waals surface area contributed by atoms with E-state index < -0.39 is 0 Å². The number of nitrogens with zero attached hydrogens (tertiary/aromatic N) is 2. The summed E-state index contributed by atoms with van der Waals surface area (Å²) in [6, 6.07) is 0. The Bertz CT molecular complexity index is 275. The van der Waals surface area contributed by atoms with Crippen molar-refractivity contribution in [3.63, 3.8) is 0 Å². The molecule has 1 rings (SSSR count). The van der Waals surface area contributed by atoms with E-state index in [9.17, 15) is 5.11 Å². The van der Waals surface area contributed by atoms with Gasteiger partial charge in [0, 0.05) is 25.4 Å². The Morgan fingerprint density at radius 1 is 1.53 bits per heavy atom. The van der Waals surface area contributed by atoms with Crippen molar-refractivity contribution >= 4 is 11.8 Å². The van der Waals surface area contributed by atoms with E-state index in [1.165, 1.54) is 0 Å². The van der Waals surface area contributed by atoms with E-state index in [1.54, 1.807) is 6.20 Å². The third-order valence-electron chi connectivity index (χ3n) is 2.36. The number of aryl methyl sites for hydroxylation is 1. The van der Waals surface area contributed by atoms with E-state index in [0.29, 0.717) is 6.42 Å². The zero-order chi connectivity index (χ0) is 11.1. The molecule has 1 atom stereocenters. The van der Waals surface area contributed by atoms with E-state index >= 15 is 0 Å². The average molecular weight is 228 g/mol. The van der Waals surface area contributed by atoms with Crippen LogP contribution in [0.1, 0.15) is 26.1 Å². The van der Waals surface area contributed by atoms with Crippen molar-refractivity contribution in [2.75, 3.05) is 11.5 Å². The molecule has 0 saturated carbocycles. The number of imidazole rings is 1. The highest BCUT2D eigenvalue weighted by Crippen LogP contribution is 2.08. The first-order valence-corrected chi connectivity index (χ1v) is 6.69. The van der Waals surface area contributed by atoms with Gasteiger partial charge in [-0.25, -0.2) is 4.98 Å². The zero-order valence-electron chi connectivity index (χ0n) is 9.52. The van der Waals surface area contributed by atoms with Gasteiger partial charge in [0.15, 0.2) is 0 Å². The third-order valence-corrected chi connectivity index (χ3v) is 3.29. The number of hydrogen-bond donors (Lipinski definition) is 1. The minimum absolute atomic E-state index is 0.253. The highest BCUT2D eigenvalue weighted by atomic mass is 32.2. The summed E-state index contributed by atoms with van der Waals surface area (Å²) in [6.45, 7) is 5.15. The quantitative estimate of drug-likeness (QED) is 0.725. The fourth-order valence-electron chi connectivity index (χ4n) is 1.49. The van der Waals surface area contributed by atoms with Gasteiger partial charge in [0.25, 0.3) is 0 Å². The Labute approximate surface area is 95.9 Å². The molecule has 0 aliphatic carbocycles. The predicted octanol–water partition coefficient (Wildman–Crippen LogP) is 1.95. The molecule has 0 saturated heterocycles. The van der Waals surface area contributed by atoms with Gasteiger partial charge < -0.3 is 9.67 Å². The highest BCUT2D eigenvalue weighted by molar-refractivity contribution is 7.99. The predicted molar refractivity (Wildman–Crippen MR) is 65.2 cm³/mol. The summed E-state index contributed by atoms with van der Waals surface area (Å²) in [5.74, 6) is 3.15. The zero-order valence-corrected chi connectivity index (χ0v) is 10.3. The van der Waals surface area contributed by atoms with Crippen LogP contribution in [0.2, 0.25) is 0 Å². The Morgan fingerprint density at radius 2 is 2.33 bits per heavy atom. The van der Waals surface area contributed by atoms with E-state index in [0.717, 1.165) is 30.3 Å². The summed E-state index contributed by atoms with van der Waals surface area (Å²) in [4.78, 5) is 4.25. The average Bonchev–Trinajstić information content (AvgIpc) is 2.65. The van der Waals surface area contributed by atoms with Crippen LogP contribution < -0.4 is 0 Å². The van der Waals surface area contributed by atoms with Crippen molar-refractivity contribution in [1.82, 2.24) is 9.55 Å². The SMILES string of the molecule is CCSCCC(O)Cc1nccn1CC. The second-order valence-electron chi connectivity index (χ2n) is 3.47. The first-order chi connectivity index (χ1) is 7.27. The molecule has 0 radical (unpaired) electrons. The van der Waals surface area contributed by atoms with Crippen LogP contribution >= 0.6 is 11.8 Å². The molecule has 1 aromatic rings. The maximum atomic E-state index is 9.80. The lowest BCUT2D eigenvalue weighted by Crippen LogP contribution is -2.15. The third kappa shape index (κ3) is 4.26. The summed E-state index contributed by atoms with van der Waals surface area (Å²) in [5.41, 5.74) is 0. The van der Waals surface area contributed by atoms with Gasteiger partial charge in [-0.1, -0.05) is 6.92 Å². The van der Waals surface area contributed by atoms with Gasteiger partial charge >= 0.3 is 0 Å². The number of thioether (sulfide) groups is 1. The number of aromatic nitrogens is 2. The van der Waals surface area contributed by atoms with E-state index in [4.69, 9.17) is 0 Å². The van der Waals surface area contributed by atoms with Gasteiger partial charge in [-0.15, -0.1) is 0 Å². The first kappa shape index (κ1) is 12.6. The van der Waals surface area contributed by atoms with Crippen LogP contribution in [0.5, 0.6) is 0 Å². The summed E-state index contributed by atoms with van der Waals surface area (Å²) in [5, 5.41) is 9.80. The van der Waals surface area contributed by atoms with E-state index in [2.05, 4.69) is 23.4 Å². The van der Waals surface area contributed by atoms with Gasteiger partial charge in [-0.2, -0.15) is 11.8 Å². The molecule has 1 heterocycles. The smallest absolute Gasteiger partial charge is 0.111 e. The van der Waals surface area contributed by atoms with Crippen LogP contribution in [-0.2, 0) is 13.0 Å². The van der Waals surface area contributed by atoms with Crippen molar-refractivity contribution in [2.45, 2.75) is 39.3 Å². The van der Waals surface area contributed by atoms with Crippen molar-refractivity contribution < 1.29 is 5.11 Å². The molecule has 15 heavy (non-hydrogen) atoms. The van der Waals surface area contributed by atoms with Crippen molar-refractivity contribution in [3.8, 4) is 0 Å². The molecule has 1 unspecified atom stereocenters. The normalized spacial score (nSPS) is 13.0. The van der Waals surface area contributed by atoms with Crippen LogP contribution in [0.3, 0.4) is 0 Å². The molecule has 0 bridgehead atoms. The molecular weight excluding hydrogens is 208 g/mol. The standard InChI is InChI=1S/C11H20N2OS/c1-3-13-7-6-12-11(13)9-10(14)5-8-15-4-2/h6-7,10,14H,3-5,8-9H2,1-2H3. The van der Waals surface area contributed by atoms with E-state index in [-0.39, 0.29) is 6.10 Å². The fraction of sp³-hybridized carbons (Fsp3) is 0.727. The second-order valence-corrected chi connectivity index (χ2v) is 4.87. The molecule has 0 aliphatic heterocycles. The van der Waals surface area contributed by atoms with Crippen LogP contribution in [0.4, 0.5) is 0 Å². The lowest BCUT2D eigenvalue weighted by molar-refractivity contribution is 0.168. The van der Waals surface area contributed by atoms with Crippen molar-refractivity contribution in [1.29, 1.82) is 0 Å². The van der Waals surface area contributed by atoms with Crippen LogP contribution in [-0.4, -0.2) is 32.3 Å². The molecule has 86 valence electrons. The molecule has 3 nitrogen and oxygen atoms in total. The summed E-state index contributed by atoms with van der Waals surface area (Å²) >= 11 is 1.87. The second kappa shape index (κ2) is 6.90. The van der Waals surface area contributed by atoms with Gasteiger partial charge in [0.2, 0.25) is 0 Å². The number of rotatable bonds is 7. The van der Waals surface area contributed by atoms with Crippen LogP contribution in [0.25, 0.3) is 0 Å². The topological polar surface area (TPSA) is 38.1 Å². The molecule has 0 spiro atoms. The first-order valence-electron chi connectivity index (χ1n) is 5.53. The summed E-state index contributed by atoms with van der Waals surface area (Å²) in [6.07, 6.45) is 5.03. The van der Waals surface area contributed by atoms with Crippen molar-refractivity contribution in [2.24, 2.45) is 0 Å². The summed E-state index contributed by atoms with van der Waals surface area (Å²) in [7, 11) is 0. The minimum atomic E-state index is -0.253. The maximum Gasteiger partial charge on any atom is 0.111 e. The Balaban J connectivity index is 2.33. The lowest BCUT2D eigenvalue weighted by atomic mass is 10.2. The molecular formula is C11H20N2OS. The molecule has 0 fully saturated rings. The number of aliphatic hydroxyl groups excluding tert-OH is 1. The molecule has 4 heteroatoms. The Morgan fingerprint density at radius 3 is 3.00 bits per heavy atom. The number of hydrogen-bond acceptors (Lipinski definition) is 3. The lowest BCUT2D eigenvalue weighted by Gasteiger charge is -2.10. The monoisotopic (exact) mass is 228 g/mol. The van der Waals surface area contributed by atoms with Gasteiger partial charge in [-0.05, 0) is 24.9 Å². The van der Waals surface area contributed by atoms with Crippen molar-refractivity contribution in [3.05, 3.63) is 18.2 Å². The van der Waals surface area contributed by atoms with Crippen LogP contribution in [0.15, 0.2) is 12.4 Å². The minimum Gasteiger partial charge on any atom is -0.393 e. The van der Waals surface area contributed by atoms with Gasteiger partial charge in [0.1, 0.15) is 5.82 Å². The highest BCUT2D eigenvalue weighted by Gasteiger charge is 2.09. The Kier molecular flexibility index (Phi) is 5.79. The molecule has 0 amide bonds. The molecule has 0 aliphatic rings. The van der Waals surface area contributed by atoms with E-state index in [1.807, 2.05) is 18.0 Å². The molecule has 1 N–H and O–H groups in total. The molecule has 1 aromatic heterocycles. The molecule has 0 aromatic carbocycles. The van der Waals surface area contributed by atoms with Gasteiger partial charge in [0.05, 0.1) is 6.10 Å².